The molecular weight excluding hydrogens is 419 g/mol. The smallest absolute Gasteiger partial charge is 0.410 e. The zero-order chi connectivity index (χ0) is 21.8. The molecule has 1 aromatic carbocycles. The SMILES string of the molecule is COC(=O)C1(N(Cc2ccc(Cl)cc2)C(=O)CCl)CCN(C(=O)OC(C)(C)C)C1. The topological polar surface area (TPSA) is 76.2 Å². The van der Waals surface area contributed by atoms with Gasteiger partial charge in [0.05, 0.1) is 13.7 Å². The van der Waals surface area contributed by atoms with Crippen molar-refractivity contribution in [2.45, 2.75) is 44.9 Å². The van der Waals surface area contributed by atoms with Crippen molar-refractivity contribution in [3.8, 4) is 0 Å². The third-order valence-corrected chi connectivity index (χ3v) is 5.13. The second kappa shape index (κ2) is 9.22. The lowest BCUT2D eigenvalue weighted by Gasteiger charge is -2.38. The standard InChI is InChI=1S/C20H26Cl2N2O5/c1-19(2,3)29-18(27)23-10-9-20(13-23,17(26)28-4)24(16(25)11-21)12-14-5-7-15(22)8-6-14/h5-8H,9-13H2,1-4H3. The zero-order valence-electron chi connectivity index (χ0n) is 17.0. The van der Waals surface area contributed by atoms with Crippen LogP contribution in [-0.2, 0) is 25.6 Å². The summed E-state index contributed by atoms with van der Waals surface area (Å²) in [6.07, 6.45) is -0.331. The van der Waals surface area contributed by atoms with Gasteiger partial charge < -0.3 is 19.3 Å². The van der Waals surface area contributed by atoms with Gasteiger partial charge in [-0.25, -0.2) is 9.59 Å². The summed E-state index contributed by atoms with van der Waals surface area (Å²) in [5, 5.41) is 0.559. The number of halogens is 2. The van der Waals surface area contributed by atoms with Gasteiger partial charge in [0.1, 0.15) is 11.5 Å². The van der Waals surface area contributed by atoms with Crippen molar-refractivity contribution in [3.63, 3.8) is 0 Å². The number of nitrogens with zero attached hydrogens (tertiary/aromatic N) is 2. The first-order chi connectivity index (χ1) is 13.5. The molecule has 2 rings (SSSR count). The summed E-state index contributed by atoms with van der Waals surface area (Å²) in [6, 6.07) is 6.93. The van der Waals surface area contributed by atoms with Gasteiger partial charge in [0.25, 0.3) is 0 Å². The van der Waals surface area contributed by atoms with Crippen LogP contribution in [0.2, 0.25) is 5.02 Å². The van der Waals surface area contributed by atoms with Gasteiger partial charge in [-0.2, -0.15) is 0 Å². The van der Waals surface area contributed by atoms with Crippen LogP contribution in [0.1, 0.15) is 32.8 Å². The Labute approximate surface area is 180 Å². The van der Waals surface area contributed by atoms with E-state index in [0.29, 0.717) is 5.02 Å². The highest BCUT2D eigenvalue weighted by Crippen LogP contribution is 2.32. The molecule has 7 nitrogen and oxygen atoms in total. The van der Waals surface area contributed by atoms with Gasteiger partial charge >= 0.3 is 12.1 Å². The molecule has 1 atom stereocenters. The zero-order valence-corrected chi connectivity index (χ0v) is 18.5. The van der Waals surface area contributed by atoms with Crippen molar-refractivity contribution in [1.29, 1.82) is 0 Å². The molecule has 160 valence electrons. The Kier molecular flexibility index (Phi) is 7.40. The summed E-state index contributed by atoms with van der Waals surface area (Å²) in [6.45, 7) is 5.62. The number of esters is 1. The predicted molar refractivity (Wildman–Crippen MR) is 110 cm³/mol. The number of alkyl halides is 1. The van der Waals surface area contributed by atoms with Crippen molar-refractivity contribution < 1.29 is 23.9 Å². The molecule has 1 aromatic rings. The molecule has 0 aliphatic carbocycles. The highest BCUT2D eigenvalue weighted by molar-refractivity contribution is 6.30. The van der Waals surface area contributed by atoms with Crippen LogP contribution in [0.4, 0.5) is 4.79 Å². The molecule has 1 aliphatic rings. The van der Waals surface area contributed by atoms with Gasteiger partial charge in [-0.05, 0) is 38.5 Å². The summed E-state index contributed by atoms with van der Waals surface area (Å²) < 4.78 is 10.4. The number of carbonyl (C=O) groups is 3. The normalized spacial score (nSPS) is 19.0. The van der Waals surface area contributed by atoms with Crippen LogP contribution >= 0.6 is 23.2 Å². The van der Waals surface area contributed by atoms with E-state index in [1.165, 1.54) is 16.9 Å². The molecule has 0 radical (unpaired) electrons. The van der Waals surface area contributed by atoms with E-state index in [1.807, 2.05) is 0 Å². The van der Waals surface area contributed by atoms with E-state index in [1.54, 1.807) is 45.0 Å². The molecule has 0 N–H and O–H groups in total. The number of rotatable bonds is 5. The van der Waals surface area contributed by atoms with Crippen molar-refractivity contribution in [2.24, 2.45) is 0 Å². The van der Waals surface area contributed by atoms with Gasteiger partial charge in [-0.1, -0.05) is 23.7 Å². The van der Waals surface area contributed by atoms with Gasteiger partial charge in [0.15, 0.2) is 5.54 Å². The first-order valence-corrected chi connectivity index (χ1v) is 10.1. The van der Waals surface area contributed by atoms with E-state index in [9.17, 15) is 14.4 Å². The third kappa shape index (κ3) is 5.54. The van der Waals surface area contributed by atoms with E-state index < -0.39 is 29.1 Å². The van der Waals surface area contributed by atoms with Crippen LogP contribution in [0, 0.1) is 0 Å². The molecule has 1 fully saturated rings. The molecule has 1 unspecified atom stereocenters. The molecule has 0 saturated carbocycles. The maximum absolute atomic E-state index is 12.8. The Morgan fingerprint density at radius 2 is 1.83 bits per heavy atom. The van der Waals surface area contributed by atoms with Gasteiger partial charge in [0, 0.05) is 24.5 Å². The van der Waals surface area contributed by atoms with E-state index in [2.05, 4.69) is 0 Å². The molecule has 0 bridgehead atoms. The number of benzene rings is 1. The summed E-state index contributed by atoms with van der Waals surface area (Å²) in [4.78, 5) is 40.9. The third-order valence-electron chi connectivity index (χ3n) is 4.65. The largest absolute Gasteiger partial charge is 0.467 e. The van der Waals surface area contributed by atoms with Gasteiger partial charge in [-0.15, -0.1) is 11.6 Å². The Morgan fingerprint density at radius 3 is 2.34 bits per heavy atom. The van der Waals surface area contributed by atoms with Crippen LogP contribution < -0.4 is 0 Å². The van der Waals surface area contributed by atoms with E-state index in [0.717, 1.165) is 5.56 Å². The van der Waals surface area contributed by atoms with Crippen molar-refractivity contribution in [2.75, 3.05) is 26.1 Å². The summed E-state index contributed by atoms with van der Waals surface area (Å²) >= 11 is 11.8. The molecule has 9 heteroatoms. The fourth-order valence-corrected chi connectivity index (χ4v) is 3.56. The number of likely N-dealkylation sites (tertiary alicyclic amines) is 1. The lowest BCUT2D eigenvalue weighted by atomic mass is 9.94. The number of amides is 2. The molecular formula is C20H26Cl2N2O5. The van der Waals surface area contributed by atoms with Crippen molar-refractivity contribution >= 4 is 41.2 Å². The summed E-state index contributed by atoms with van der Waals surface area (Å²) in [7, 11) is 1.26. The lowest BCUT2D eigenvalue weighted by molar-refractivity contribution is -0.161. The molecule has 1 heterocycles. The highest BCUT2D eigenvalue weighted by Gasteiger charge is 2.53. The molecule has 2 amide bonds. The number of hydrogen-bond acceptors (Lipinski definition) is 5. The summed E-state index contributed by atoms with van der Waals surface area (Å²) in [5.41, 5.74) is -1.26. The first kappa shape index (κ1) is 23.3. The monoisotopic (exact) mass is 444 g/mol. The highest BCUT2D eigenvalue weighted by atomic mass is 35.5. The molecule has 0 aromatic heterocycles. The van der Waals surface area contributed by atoms with Crippen LogP contribution in [0.3, 0.4) is 0 Å². The maximum Gasteiger partial charge on any atom is 0.410 e. The summed E-state index contributed by atoms with van der Waals surface area (Å²) in [5.74, 6) is -1.34. The van der Waals surface area contributed by atoms with Crippen molar-refractivity contribution in [1.82, 2.24) is 9.80 Å². The van der Waals surface area contributed by atoms with E-state index >= 15 is 0 Å². The van der Waals surface area contributed by atoms with Crippen LogP contribution in [0.5, 0.6) is 0 Å². The minimum absolute atomic E-state index is 0.0369. The average molecular weight is 445 g/mol. The minimum Gasteiger partial charge on any atom is -0.467 e. The quantitative estimate of drug-likeness (QED) is 0.513. The Morgan fingerprint density at radius 1 is 1.21 bits per heavy atom. The van der Waals surface area contributed by atoms with Gasteiger partial charge in [0.2, 0.25) is 5.91 Å². The van der Waals surface area contributed by atoms with Crippen LogP contribution in [-0.4, -0.2) is 65.0 Å². The Bertz CT molecular complexity index is 763. The van der Waals surface area contributed by atoms with Crippen molar-refractivity contribution in [3.05, 3.63) is 34.9 Å². The Balaban J connectivity index is 2.36. The van der Waals surface area contributed by atoms with Crippen LogP contribution in [0.15, 0.2) is 24.3 Å². The van der Waals surface area contributed by atoms with Crippen LogP contribution in [0.25, 0.3) is 0 Å². The van der Waals surface area contributed by atoms with E-state index in [-0.39, 0.29) is 31.9 Å². The predicted octanol–water partition coefficient (Wildman–Crippen LogP) is 3.46. The second-order valence-electron chi connectivity index (χ2n) is 7.92. The number of ether oxygens (including phenoxy) is 2. The van der Waals surface area contributed by atoms with E-state index in [4.69, 9.17) is 32.7 Å². The number of carbonyl (C=O) groups excluding carboxylic acids is 3. The maximum atomic E-state index is 12.8. The Hall–Kier alpha value is -1.99. The molecule has 1 saturated heterocycles. The molecule has 29 heavy (non-hydrogen) atoms. The second-order valence-corrected chi connectivity index (χ2v) is 8.62. The number of methoxy groups -OCH3 is 1. The molecule has 1 aliphatic heterocycles. The van der Waals surface area contributed by atoms with Gasteiger partial charge in [-0.3, -0.25) is 4.79 Å². The fourth-order valence-electron chi connectivity index (χ4n) is 3.29. The minimum atomic E-state index is -1.35. The first-order valence-electron chi connectivity index (χ1n) is 9.19. The lowest BCUT2D eigenvalue weighted by Crippen LogP contribution is -2.59. The average Bonchev–Trinajstić information content (AvgIpc) is 3.11. The molecule has 0 spiro atoms. The fraction of sp³-hybridized carbons (Fsp3) is 0.550. The number of hydrogen-bond donors (Lipinski definition) is 0.